The van der Waals surface area contributed by atoms with Crippen LogP contribution in [-0.4, -0.2) is 56.6 Å². The molecule has 1 aromatic carbocycles. The summed E-state index contributed by atoms with van der Waals surface area (Å²) in [6.45, 7) is 1.03. The van der Waals surface area contributed by atoms with Crippen LogP contribution < -0.4 is 9.64 Å². The summed E-state index contributed by atoms with van der Waals surface area (Å²) in [7, 11) is 0. The highest BCUT2D eigenvalue weighted by Crippen LogP contribution is 2.44. The summed E-state index contributed by atoms with van der Waals surface area (Å²) in [4.78, 5) is 7.61. The molecule has 208 valence electrons. The van der Waals surface area contributed by atoms with Gasteiger partial charge in [-0.1, -0.05) is 11.6 Å². The van der Waals surface area contributed by atoms with Gasteiger partial charge in [0.15, 0.2) is 17.4 Å². The quantitative estimate of drug-likeness (QED) is 0.342. The fraction of sp³-hybridized carbons (Fsp3) is 0.500. The molecule has 1 saturated heterocycles. The Morgan fingerprint density at radius 3 is 2.46 bits per heavy atom. The second-order valence-corrected chi connectivity index (χ2v) is 10.8. The normalized spacial score (nSPS) is 19.0. The first-order valence-corrected chi connectivity index (χ1v) is 13.2. The average molecular weight is 569 g/mol. The Balaban J connectivity index is 1.25. The molecule has 0 atom stereocenters. The fourth-order valence-corrected chi connectivity index (χ4v) is 5.77. The van der Waals surface area contributed by atoms with E-state index in [9.17, 15) is 22.0 Å². The lowest BCUT2D eigenvalue weighted by molar-refractivity contribution is -0.274. The molecule has 39 heavy (non-hydrogen) atoms. The number of benzene rings is 1. The van der Waals surface area contributed by atoms with E-state index in [1.807, 2.05) is 10.6 Å². The van der Waals surface area contributed by atoms with Gasteiger partial charge in [-0.3, -0.25) is 9.47 Å². The molecular weight excluding hydrogens is 543 g/mol. The fourth-order valence-electron chi connectivity index (χ4n) is 5.57. The van der Waals surface area contributed by atoms with Crippen molar-refractivity contribution in [2.24, 2.45) is 5.92 Å². The molecular formula is C26H26ClF5N6O. The van der Waals surface area contributed by atoms with E-state index in [0.717, 1.165) is 11.3 Å². The van der Waals surface area contributed by atoms with Crippen LogP contribution >= 0.6 is 11.6 Å². The van der Waals surface area contributed by atoms with Gasteiger partial charge in [-0.25, -0.2) is 13.8 Å². The Labute approximate surface area is 226 Å². The summed E-state index contributed by atoms with van der Waals surface area (Å²) in [5.74, 6) is -2.30. The molecule has 0 bridgehead atoms. The number of piperidine rings is 1. The van der Waals surface area contributed by atoms with E-state index in [0.29, 0.717) is 62.0 Å². The summed E-state index contributed by atoms with van der Waals surface area (Å²) in [6, 6.07) is 8.07. The molecule has 0 radical (unpaired) electrons. The third-order valence-electron chi connectivity index (χ3n) is 7.54. The van der Waals surface area contributed by atoms with E-state index < -0.39 is 18.2 Å². The Hall–Kier alpha value is -2.99. The van der Waals surface area contributed by atoms with Gasteiger partial charge in [0.1, 0.15) is 5.82 Å². The lowest BCUT2D eigenvalue weighted by Crippen LogP contribution is -2.37. The first kappa shape index (κ1) is 26.2. The van der Waals surface area contributed by atoms with Gasteiger partial charge < -0.3 is 9.64 Å². The number of rotatable bonds is 6. The minimum absolute atomic E-state index is 0.0406. The maximum atomic E-state index is 14.8. The number of nitrogens with zero attached hydrogens (tertiary/aromatic N) is 6. The predicted octanol–water partition coefficient (Wildman–Crippen LogP) is 5.96. The molecule has 2 aliphatic heterocycles. The smallest absolute Gasteiger partial charge is 0.402 e. The number of aromatic nitrogens is 4. The molecule has 0 N–H and O–H groups in total. The van der Waals surface area contributed by atoms with E-state index in [1.165, 1.54) is 18.3 Å². The van der Waals surface area contributed by atoms with Crippen molar-refractivity contribution in [2.75, 3.05) is 24.5 Å². The van der Waals surface area contributed by atoms with E-state index in [1.54, 1.807) is 21.9 Å². The zero-order chi connectivity index (χ0) is 27.4. The second kappa shape index (κ2) is 9.88. The summed E-state index contributed by atoms with van der Waals surface area (Å²) < 4.78 is 74.3. The van der Waals surface area contributed by atoms with Gasteiger partial charge in [0.25, 0.3) is 5.92 Å². The maximum absolute atomic E-state index is 14.8. The Kier molecular flexibility index (Phi) is 6.65. The average Bonchev–Trinajstić information content (AvgIpc) is 3.68. The third-order valence-corrected chi connectivity index (χ3v) is 7.78. The number of pyridine rings is 1. The summed E-state index contributed by atoms with van der Waals surface area (Å²) in [5.41, 5.74) is 1.62. The van der Waals surface area contributed by atoms with Gasteiger partial charge in [-0.2, -0.15) is 0 Å². The van der Waals surface area contributed by atoms with Gasteiger partial charge in [-0.05, 0) is 61.6 Å². The molecule has 7 nitrogen and oxygen atoms in total. The van der Waals surface area contributed by atoms with Crippen molar-refractivity contribution < 1.29 is 26.7 Å². The topological polar surface area (TPSA) is 59.3 Å². The van der Waals surface area contributed by atoms with Crippen molar-refractivity contribution in [1.29, 1.82) is 0 Å². The summed E-state index contributed by atoms with van der Waals surface area (Å²) in [6.07, 6.45) is -1.11. The zero-order valence-corrected chi connectivity index (χ0v) is 21.6. The number of hydrogen-bond donors (Lipinski definition) is 0. The number of alkyl halides is 5. The van der Waals surface area contributed by atoms with Gasteiger partial charge in [0.05, 0.1) is 18.8 Å². The van der Waals surface area contributed by atoms with Crippen molar-refractivity contribution >= 4 is 17.4 Å². The van der Waals surface area contributed by atoms with Crippen LogP contribution in [0.3, 0.4) is 0 Å². The minimum Gasteiger partial charge on any atom is -0.402 e. The van der Waals surface area contributed by atoms with Crippen LogP contribution in [0.4, 0.5) is 27.8 Å². The molecule has 6 rings (SSSR count). The second-order valence-electron chi connectivity index (χ2n) is 10.4. The summed E-state index contributed by atoms with van der Waals surface area (Å²) >= 11 is 6.29. The number of hydrogen-bond acceptors (Lipinski definition) is 6. The molecule has 3 aromatic rings. The highest BCUT2D eigenvalue weighted by Gasteiger charge is 2.48. The van der Waals surface area contributed by atoms with E-state index in [2.05, 4.69) is 19.9 Å². The molecule has 0 unspecified atom stereocenters. The Bertz CT molecular complexity index is 1350. The van der Waals surface area contributed by atoms with Crippen LogP contribution in [0.1, 0.15) is 48.8 Å². The molecule has 1 aliphatic carbocycles. The first-order chi connectivity index (χ1) is 18.6. The monoisotopic (exact) mass is 568 g/mol. The van der Waals surface area contributed by atoms with E-state index in [4.69, 9.17) is 11.6 Å². The highest BCUT2D eigenvalue weighted by molar-refractivity contribution is 6.30. The predicted molar refractivity (Wildman–Crippen MR) is 133 cm³/mol. The Morgan fingerprint density at radius 2 is 1.74 bits per heavy atom. The van der Waals surface area contributed by atoms with Gasteiger partial charge in [0, 0.05) is 42.7 Å². The number of ether oxygens (including phenoxy) is 1. The number of fused-ring (bicyclic) bond motifs is 3. The minimum atomic E-state index is -4.82. The zero-order valence-electron chi connectivity index (χ0n) is 20.8. The molecule has 3 aliphatic rings. The Morgan fingerprint density at radius 1 is 0.974 bits per heavy atom. The van der Waals surface area contributed by atoms with Crippen LogP contribution in [0, 0.1) is 5.92 Å². The standard InChI is InChI=1S/C26H26ClF5N6O/c27-19-5-6-20-17(12-19)13-36(15-25(28,29)18-3-4-18)14-22-34-35-23(38(20)22)16-7-10-37(11-8-16)24-21(2-1-9-33-24)39-26(30,31)32/h1-2,5-6,9,12,16,18H,3-4,7-8,10-11,13-15H2. The van der Waals surface area contributed by atoms with Crippen LogP contribution in [0.25, 0.3) is 5.69 Å². The molecule has 0 spiro atoms. The highest BCUT2D eigenvalue weighted by atomic mass is 35.5. The molecule has 13 heteroatoms. The van der Waals surface area contributed by atoms with Gasteiger partial charge >= 0.3 is 6.36 Å². The van der Waals surface area contributed by atoms with Crippen molar-refractivity contribution in [1.82, 2.24) is 24.6 Å². The largest absolute Gasteiger partial charge is 0.573 e. The number of anilines is 1. The van der Waals surface area contributed by atoms with Crippen molar-refractivity contribution in [2.45, 2.75) is 57.0 Å². The van der Waals surface area contributed by atoms with Crippen LogP contribution in [0.5, 0.6) is 5.75 Å². The lowest BCUT2D eigenvalue weighted by atomic mass is 9.95. The first-order valence-electron chi connectivity index (χ1n) is 12.9. The summed E-state index contributed by atoms with van der Waals surface area (Å²) in [5, 5.41) is 9.41. The van der Waals surface area contributed by atoms with Crippen molar-refractivity contribution in [3.63, 3.8) is 0 Å². The molecule has 1 saturated carbocycles. The van der Waals surface area contributed by atoms with Gasteiger partial charge in [-0.15, -0.1) is 23.4 Å². The molecule has 0 amide bonds. The van der Waals surface area contributed by atoms with Crippen molar-refractivity contribution in [3.05, 3.63) is 58.8 Å². The SMILES string of the molecule is FC(F)(F)Oc1cccnc1N1CCC(c2nnc3n2-c2ccc(Cl)cc2CN(CC(F)(F)C2CC2)C3)CC1. The van der Waals surface area contributed by atoms with Crippen LogP contribution in [0.2, 0.25) is 5.02 Å². The number of halogens is 6. The molecule has 4 heterocycles. The van der Waals surface area contributed by atoms with E-state index in [-0.39, 0.29) is 30.6 Å². The van der Waals surface area contributed by atoms with Gasteiger partial charge in [0.2, 0.25) is 0 Å². The van der Waals surface area contributed by atoms with Crippen molar-refractivity contribution in [3.8, 4) is 11.4 Å². The maximum Gasteiger partial charge on any atom is 0.573 e. The van der Waals surface area contributed by atoms with E-state index >= 15 is 0 Å². The van der Waals surface area contributed by atoms with Crippen LogP contribution in [0.15, 0.2) is 36.5 Å². The third kappa shape index (κ3) is 5.54. The molecule has 2 aromatic heterocycles. The lowest BCUT2D eigenvalue weighted by Gasteiger charge is -2.33. The molecule has 2 fully saturated rings. The van der Waals surface area contributed by atoms with Crippen LogP contribution in [-0.2, 0) is 13.1 Å².